The number of carbonyl (C=O) groups excluding carboxylic acids is 3. The molecular weight excluding hydrogens is 442 g/mol. The molecule has 4 amide bonds. The second kappa shape index (κ2) is 8.70. The van der Waals surface area contributed by atoms with E-state index in [1.165, 1.54) is 0 Å². The van der Waals surface area contributed by atoms with Crippen LogP contribution in [-0.2, 0) is 16.1 Å². The molecule has 1 aromatic carbocycles. The van der Waals surface area contributed by atoms with Crippen molar-refractivity contribution in [1.29, 1.82) is 0 Å². The maximum atomic E-state index is 13.5. The Morgan fingerprint density at radius 1 is 1.21 bits per heavy atom. The summed E-state index contributed by atoms with van der Waals surface area (Å²) in [7, 11) is 0. The minimum Gasteiger partial charge on any atom is -0.486 e. The second-order valence-corrected chi connectivity index (χ2v) is 9.86. The number of benzene rings is 1. The first-order valence-electron chi connectivity index (χ1n) is 11.3. The van der Waals surface area contributed by atoms with Crippen molar-refractivity contribution in [3.63, 3.8) is 0 Å². The molecule has 1 aromatic heterocycles. The molecule has 2 aromatic rings. The number of rotatable bonds is 5. The van der Waals surface area contributed by atoms with Gasteiger partial charge in [0.1, 0.15) is 25.3 Å². The van der Waals surface area contributed by atoms with E-state index < -0.39 is 11.6 Å². The Labute approximate surface area is 196 Å². The molecular formula is C24H27N3O5S. The van der Waals surface area contributed by atoms with Crippen LogP contribution in [0.15, 0.2) is 35.7 Å². The predicted octanol–water partition coefficient (Wildman–Crippen LogP) is 3.55. The number of nitrogens with one attached hydrogen (secondary N) is 1. The van der Waals surface area contributed by atoms with E-state index in [4.69, 9.17) is 9.47 Å². The Morgan fingerprint density at radius 2 is 2.03 bits per heavy atom. The molecule has 0 radical (unpaired) electrons. The number of hydrogen-bond donors (Lipinski definition) is 1. The molecule has 2 fully saturated rings. The summed E-state index contributed by atoms with van der Waals surface area (Å²) in [5, 5.41) is 4.87. The average Bonchev–Trinajstić information content (AvgIpc) is 3.42. The van der Waals surface area contributed by atoms with Crippen molar-refractivity contribution in [3.8, 4) is 11.5 Å². The molecule has 0 bridgehead atoms. The monoisotopic (exact) mass is 469 g/mol. The van der Waals surface area contributed by atoms with Crippen LogP contribution < -0.4 is 19.7 Å². The lowest BCUT2D eigenvalue weighted by Gasteiger charge is -2.36. The SMILES string of the molecule is CC1CCCCC12NC(=O)N(CC(=O)N(Cc1cccs1)c1ccc3c(c1)OCCO3)C2=O. The molecule has 5 rings (SSSR count). The fraction of sp³-hybridized carbons (Fsp3) is 0.458. The maximum absolute atomic E-state index is 13.5. The third-order valence-corrected chi connectivity index (χ3v) is 7.69. The summed E-state index contributed by atoms with van der Waals surface area (Å²) in [6.07, 6.45) is 3.43. The topological polar surface area (TPSA) is 88.2 Å². The molecule has 2 unspecified atom stereocenters. The summed E-state index contributed by atoms with van der Waals surface area (Å²) in [5.74, 6) is 0.641. The Hall–Kier alpha value is -3.07. The summed E-state index contributed by atoms with van der Waals surface area (Å²) >= 11 is 1.54. The normalized spacial score (nSPS) is 24.2. The number of nitrogens with zero attached hydrogens (tertiary/aromatic N) is 2. The van der Waals surface area contributed by atoms with Gasteiger partial charge in [0.05, 0.1) is 6.54 Å². The highest BCUT2D eigenvalue weighted by molar-refractivity contribution is 7.09. The third kappa shape index (κ3) is 3.94. The highest BCUT2D eigenvalue weighted by atomic mass is 32.1. The zero-order valence-corrected chi connectivity index (χ0v) is 19.4. The van der Waals surface area contributed by atoms with Gasteiger partial charge in [-0.05, 0) is 42.3 Å². The lowest BCUT2D eigenvalue weighted by atomic mass is 9.73. The van der Waals surface area contributed by atoms with E-state index in [0.717, 1.165) is 29.0 Å². The molecule has 2 atom stereocenters. The van der Waals surface area contributed by atoms with Crippen molar-refractivity contribution in [2.24, 2.45) is 5.92 Å². The molecule has 1 N–H and O–H groups in total. The quantitative estimate of drug-likeness (QED) is 0.677. The lowest BCUT2D eigenvalue weighted by Crippen LogP contribution is -2.54. The average molecular weight is 470 g/mol. The largest absolute Gasteiger partial charge is 0.486 e. The summed E-state index contributed by atoms with van der Waals surface area (Å²) in [6.45, 7) is 2.95. The second-order valence-electron chi connectivity index (χ2n) is 8.83. The molecule has 2 aliphatic heterocycles. The molecule has 3 heterocycles. The number of urea groups is 1. The number of amides is 4. The zero-order valence-electron chi connectivity index (χ0n) is 18.5. The third-order valence-electron chi connectivity index (χ3n) is 6.83. The van der Waals surface area contributed by atoms with Gasteiger partial charge in [-0.15, -0.1) is 11.3 Å². The number of hydrogen-bond acceptors (Lipinski definition) is 6. The van der Waals surface area contributed by atoms with Gasteiger partial charge in [-0.25, -0.2) is 4.79 Å². The number of fused-ring (bicyclic) bond motifs is 1. The number of thiophene rings is 1. The van der Waals surface area contributed by atoms with Crippen molar-refractivity contribution < 1.29 is 23.9 Å². The summed E-state index contributed by atoms with van der Waals surface area (Å²) < 4.78 is 11.3. The molecule has 9 heteroatoms. The van der Waals surface area contributed by atoms with Crippen LogP contribution in [0.1, 0.15) is 37.5 Å². The summed E-state index contributed by atoms with van der Waals surface area (Å²) in [6, 6.07) is 8.75. The standard InChI is InChI=1S/C24H27N3O5S/c1-16-5-2-3-9-24(16)22(29)27(23(30)25-24)15-21(28)26(14-18-6-4-12-33-18)17-7-8-19-20(13-17)32-11-10-31-19/h4,6-8,12-13,16H,2-3,5,9-11,14-15H2,1H3,(H,25,30). The van der Waals surface area contributed by atoms with Gasteiger partial charge < -0.3 is 19.7 Å². The molecule has 3 aliphatic rings. The van der Waals surface area contributed by atoms with Crippen LogP contribution in [-0.4, -0.2) is 48.0 Å². The van der Waals surface area contributed by atoms with Gasteiger partial charge in [0, 0.05) is 16.6 Å². The molecule has 1 saturated heterocycles. The lowest BCUT2D eigenvalue weighted by molar-refractivity contribution is -0.136. The van der Waals surface area contributed by atoms with Crippen molar-refractivity contribution in [2.45, 2.75) is 44.7 Å². The van der Waals surface area contributed by atoms with Gasteiger partial charge in [-0.3, -0.25) is 14.5 Å². The summed E-state index contributed by atoms with van der Waals surface area (Å²) in [4.78, 5) is 43.3. The number of carbonyl (C=O) groups is 3. The van der Waals surface area contributed by atoms with E-state index in [9.17, 15) is 14.4 Å². The first-order valence-corrected chi connectivity index (χ1v) is 12.2. The van der Waals surface area contributed by atoms with Crippen LogP contribution in [0.25, 0.3) is 0 Å². The zero-order chi connectivity index (χ0) is 23.0. The predicted molar refractivity (Wildman–Crippen MR) is 124 cm³/mol. The molecule has 8 nitrogen and oxygen atoms in total. The first kappa shape index (κ1) is 21.8. The Morgan fingerprint density at radius 3 is 2.79 bits per heavy atom. The number of ether oxygens (including phenoxy) is 2. The Balaban J connectivity index is 1.40. The van der Waals surface area contributed by atoms with E-state index in [1.807, 2.05) is 24.4 Å². The van der Waals surface area contributed by atoms with E-state index in [2.05, 4.69) is 5.32 Å². The van der Waals surface area contributed by atoms with Gasteiger partial charge in [-0.2, -0.15) is 0 Å². The highest BCUT2D eigenvalue weighted by Crippen LogP contribution is 2.39. The molecule has 1 saturated carbocycles. The minimum atomic E-state index is -0.884. The van der Waals surface area contributed by atoms with Crippen LogP contribution in [0.2, 0.25) is 0 Å². The van der Waals surface area contributed by atoms with Crippen LogP contribution in [0.4, 0.5) is 10.5 Å². The Bertz CT molecular complexity index is 1070. The van der Waals surface area contributed by atoms with Crippen LogP contribution >= 0.6 is 11.3 Å². The van der Waals surface area contributed by atoms with Gasteiger partial charge in [0.15, 0.2) is 11.5 Å². The molecule has 1 aliphatic carbocycles. The molecule has 174 valence electrons. The fourth-order valence-corrected chi connectivity index (χ4v) is 5.63. The maximum Gasteiger partial charge on any atom is 0.325 e. The van der Waals surface area contributed by atoms with Gasteiger partial charge >= 0.3 is 6.03 Å². The minimum absolute atomic E-state index is 0.0443. The van der Waals surface area contributed by atoms with E-state index in [0.29, 0.717) is 43.4 Å². The molecule has 1 spiro atoms. The van der Waals surface area contributed by atoms with Crippen molar-refractivity contribution in [3.05, 3.63) is 40.6 Å². The Kier molecular flexibility index (Phi) is 5.74. The van der Waals surface area contributed by atoms with Crippen molar-refractivity contribution in [1.82, 2.24) is 10.2 Å². The smallest absolute Gasteiger partial charge is 0.325 e. The highest BCUT2D eigenvalue weighted by Gasteiger charge is 2.55. The fourth-order valence-electron chi connectivity index (χ4n) is 4.94. The number of anilines is 1. The van der Waals surface area contributed by atoms with Gasteiger partial charge in [0.2, 0.25) is 5.91 Å². The van der Waals surface area contributed by atoms with Gasteiger partial charge in [0.25, 0.3) is 5.91 Å². The van der Waals surface area contributed by atoms with E-state index in [1.54, 1.807) is 34.4 Å². The van der Waals surface area contributed by atoms with E-state index >= 15 is 0 Å². The van der Waals surface area contributed by atoms with Crippen molar-refractivity contribution in [2.75, 3.05) is 24.7 Å². The van der Waals surface area contributed by atoms with Crippen LogP contribution in [0.3, 0.4) is 0 Å². The molecule has 33 heavy (non-hydrogen) atoms. The number of imide groups is 1. The van der Waals surface area contributed by atoms with E-state index in [-0.39, 0.29) is 24.3 Å². The van der Waals surface area contributed by atoms with Crippen molar-refractivity contribution >= 4 is 34.9 Å². The van der Waals surface area contributed by atoms with Gasteiger partial charge in [-0.1, -0.05) is 25.8 Å². The first-order chi connectivity index (χ1) is 16.0. The van der Waals surface area contributed by atoms with Crippen LogP contribution in [0.5, 0.6) is 11.5 Å². The van der Waals surface area contributed by atoms with Crippen LogP contribution in [0, 0.1) is 5.92 Å². The summed E-state index contributed by atoms with van der Waals surface area (Å²) in [5.41, 5.74) is -0.254.